The number of aromatic hydroxyl groups is 1. The Balaban J connectivity index is 2.47. The molecule has 0 saturated carbocycles. The van der Waals surface area contributed by atoms with Crippen molar-refractivity contribution < 1.29 is 14.6 Å². The Bertz CT molecular complexity index is 686. The summed E-state index contributed by atoms with van der Waals surface area (Å²) in [5.74, 6) is 0.186. The summed E-state index contributed by atoms with van der Waals surface area (Å²) in [6, 6.07) is 3.45. The molecule has 18 heavy (non-hydrogen) atoms. The standard InChI is InChI=1S/C13H12N2O3/c1-6-11(16)10-8(9(14)13(6)18-2)12(17)7-4-3-5-15(7)10/h3-5,16H,14H2,1-2H3. The zero-order chi connectivity index (χ0) is 13.0. The molecular formula is C13H12N2O3. The highest BCUT2D eigenvalue weighted by atomic mass is 16.5. The molecule has 3 rings (SSSR count). The first-order chi connectivity index (χ1) is 8.57. The first-order valence-corrected chi connectivity index (χ1v) is 5.49. The van der Waals surface area contributed by atoms with Crippen LogP contribution in [0.25, 0.3) is 5.69 Å². The number of nitrogens with two attached hydrogens (primary N) is 1. The third kappa shape index (κ3) is 1.03. The molecule has 0 fully saturated rings. The fraction of sp³-hybridized carbons (Fsp3) is 0.154. The van der Waals surface area contributed by atoms with E-state index in [1.807, 2.05) is 0 Å². The predicted molar refractivity (Wildman–Crippen MR) is 66.6 cm³/mol. The van der Waals surface area contributed by atoms with Gasteiger partial charge < -0.3 is 20.1 Å². The average molecular weight is 244 g/mol. The fourth-order valence-electron chi connectivity index (χ4n) is 2.46. The van der Waals surface area contributed by atoms with Gasteiger partial charge in [-0.05, 0) is 19.1 Å². The molecule has 92 valence electrons. The third-order valence-corrected chi connectivity index (χ3v) is 3.32. The number of aromatic nitrogens is 1. The van der Waals surface area contributed by atoms with Crippen molar-refractivity contribution in [3.05, 3.63) is 35.2 Å². The number of anilines is 1. The molecular weight excluding hydrogens is 232 g/mol. The lowest BCUT2D eigenvalue weighted by atomic mass is 10.0. The van der Waals surface area contributed by atoms with Crippen molar-refractivity contribution in [1.29, 1.82) is 0 Å². The Morgan fingerprint density at radius 1 is 1.44 bits per heavy atom. The number of hydrogen-bond donors (Lipinski definition) is 2. The first kappa shape index (κ1) is 10.7. The average Bonchev–Trinajstić information content (AvgIpc) is 2.90. The Morgan fingerprint density at radius 3 is 2.83 bits per heavy atom. The summed E-state index contributed by atoms with van der Waals surface area (Å²) in [4.78, 5) is 12.2. The molecule has 0 unspecified atom stereocenters. The number of phenolic OH excluding ortho intramolecular Hbond substituents is 1. The van der Waals surface area contributed by atoms with Crippen molar-refractivity contribution in [2.75, 3.05) is 12.8 Å². The monoisotopic (exact) mass is 244 g/mol. The van der Waals surface area contributed by atoms with E-state index in [0.29, 0.717) is 28.3 Å². The molecule has 0 aliphatic carbocycles. The number of nitrogens with zero attached hydrogens (tertiary/aromatic N) is 1. The van der Waals surface area contributed by atoms with Crippen LogP contribution in [-0.2, 0) is 0 Å². The smallest absolute Gasteiger partial charge is 0.214 e. The SMILES string of the molecule is COc1c(C)c(O)c2c(c1N)C(=O)c1cccn1-2. The van der Waals surface area contributed by atoms with Crippen LogP contribution in [0.1, 0.15) is 21.6 Å². The van der Waals surface area contributed by atoms with E-state index >= 15 is 0 Å². The molecule has 0 spiro atoms. The van der Waals surface area contributed by atoms with Gasteiger partial charge in [0.15, 0.2) is 0 Å². The molecule has 2 aromatic rings. The summed E-state index contributed by atoms with van der Waals surface area (Å²) in [5, 5.41) is 10.2. The second-order valence-electron chi connectivity index (χ2n) is 4.24. The van der Waals surface area contributed by atoms with Gasteiger partial charge in [-0.3, -0.25) is 4.79 Å². The molecule has 0 amide bonds. The summed E-state index contributed by atoms with van der Waals surface area (Å²) in [6.45, 7) is 1.71. The molecule has 5 nitrogen and oxygen atoms in total. The summed E-state index contributed by atoms with van der Waals surface area (Å²) < 4.78 is 6.81. The zero-order valence-electron chi connectivity index (χ0n) is 10.0. The number of hydrogen-bond acceptors (Lipinski definition) is 4. The molecule has 0 bridgehead atoms. The van der Waals surface area contributed by atoms with E-state index in [1.54, 1.807) is 29.8 Å². The minimum Gasteiger partial charge on any atom is -0.505 e. The number of ether oxygens (including phenoxy) is 1. The van der Waals surface area contributed by atoms with Gasteiger partial charge in [0.05, 0.1) is 24.1 Å². The highest BCUT2D eigenvalue weighted by molar-refractivity contribution is 6.18. The van der Waals surface area contributed by atoms with Crippen LogP contribution < -0.4 is 10.5 Å². The summed E-state index contributed by atoms with van der Waals surface area (Å²) in [7, 11) is 1.46. The van der Waals surface area contributed by atoms with Gasteiger partial charge in [0.2, 0.25) is 5.78 Å². The lowest BCUT2D eigenvalue weighted by molar-refractivity contribution is 0.104. The minimum atomic E-state index is -0.193. The maximum absolute atomic E-state index is 12.2. The van der Waals surface area contributed by atoms with Crippen LogP contribution in [0, 0.1) is 6.92 Å². The lowest BCUT2D eigenvalue weighted by Crippen LogP contribution is -2.05. The second-order valence-corrected chi connectivity index (χ2v) is 4.24. The van der Waals surface area contributed by atoms with E-state index in [1.165, 1.54) is 7.11 Å². The number of ketones is 1. The Labute approximate surface area is 103 Å². The Hall–Kier alpha value is -2.43. The number of carbonyl (C=O) groups excluding carboxylic acids is 1. The van der Waals surface area contributed by atoms with E-state index in [9.17, 15) is 9.90 Å². The van der Waals surface area contributed by atoms with Crippen molar-refractivity contribution in [3.8, 4) is 17.2 Å². The van der Waals surface area contributed by atoms with Gasteiger partial charge in [-0.1, -0.05) is 0 Å². The molecule has 0 saturated heterocycles. The number of nitrogen functional groups attached to an aromatic ring is 1. The number of carbonyl (C=O) groups is 1. The van der Waals surface area contributed by atoms with E-state index in [4.69, 9.17) is 10.5 Å². The van der Waals surface area contributed by atoms with Crippen molar-refractivity contribution in [3.63, 3.8) is 0 Å². The van der Waals surface area contributed by atoms with Gasteiger partial charge >= 0.3 is 0 Å². The number of benzene rings is 1. The summed E-state index contributed by atoms with van der Waals surface area (Å²) in [5.41, 5.74) is 8.03. The maximum atomic E-state index is 12.2. The highest BCUT2D eigenvalue weighted by Crippen LogP contribution is 2.46. The quantitative estimate of drug-likeness (QED) is 0.503. The number of rotatable bonds is 1. The molecule has 1 aromatic carbocycles. The fourth-order valence-corrected chi connectivity index (χ4v) is 2.46. The molecule has 1 aliphatic heterocycles. The van der Waals surface area contributed by atoms with Gasteiger partial charge in [0.25, 0.3) is 0 Å². The molecule has 1 aromatic heterocycles. The van der Waals surface area contributed by atoms with Crippen molar-refractivity contribution in [1.82, 2.24) is 4.57 Å². The second kappa shape index (κ2) is 3.29. The van der Waals surface area contributed by atoms with Crippen molar-refractivity contribution >= 4 is 11.5 Å². The maximum Gasteiger partial charge on any atom is 0.214 e. The van der Waals surface area contributed by atoms with Crippen LogP contribution in [0.2, 0.25) is 0 Å². The van der Waals surface area contributed by atoms with Crippen LogP contribution in [0.4, 0.5) is 5.69 Å². The van der Waals surface area contributed by atoms with Crippen molar-refractivity contribution in [2.24, 2.45) is 0 Å². The Morgan fingerprint density at radius 2 is 2.17 bits per heavy atom. The van der Waals surface area contributed by atoms with E-state index < -0.39 is 0 Å². The molecule has 2 heterocycles. The topological polar surface area (TPSA) is 77.5 Å². The van der Waals surface area contributed by atoms with E-state index in [2.05, 4.69) is 0 Å². The van der Waals surface area contributed by atoms with Crippen LogP contribution >= 0.6 is 0 Å². The molecule has 1 aliphatic rings. The van der Waals surface area contributed by atoms with E-state index in [0.717, 1.165) is 0 Å². The number of methoxy groups -OCH3 is 1. The van der Waals surface area contributed by atoms with E-state index in [-0.39, 0.29) is 17.2 Å². The van der Waals surface area contributed by atoms with Gasteiger partial charge in [0.1, 0.15) is 17.2 Å². The molecule has 3 N–H and O–H groups in total. The van der Waals surface area contributed by atoms with Crippen LogP contribution in [0.15, 0.2) is 18.3 Å². The molecule has 5 heteroatoms. The predicted octanol–water partition coefficient (Wildman–Crippen LogP) is 1.63. The largest absolute Gasteiger partial charge is 0.505 e. The number of fused-ring (bicyclic) bond motifs is 3. The Kier molecular flexibility index (Phi) is 1.96. The van der Waals surface area contributed by atoms with Gasteiger partial charge in [-0.2, -0.15) is 0 Å². The van der Waals surface area contributed by atoms with Gasteiger partial charge in [-0.15, -0.1) is 0 Å². The molecule has 0 atom stereocenters. The van der Waals surface area contributed by atoms with Crippen LogP contribution in [0.3, 0.4) is 0 Å². The minimum absolute atomic E-state index is 0.0272. The zero-order valence-corrected chi connectivity index (χ0v) is 10.0. The van der Waals surface area contributed by atoms with Gasteiger partial charge in [-0.25, -0.2) is 0 Å². The highest BCUT2D eigenvalue weighted by Gasteiger charge is 2.34. The van der Waals surface area contributed by atoms with Crippen LogP contribution in [0.5, 0.6) is 11.5 Å². The third-order valence-electron chi connectivity index (χ3n) is 3.32. The summed E-state index contributed by atoms with van der Waals surface area (Å²) >= 11 is 0. The normalized spacial score (nSPS) is 12.4. The first-order valence-electron chi connectivity index (χ1n) is 5.49. The molecule has 0 radical (unpaired) electrons. The summed E-state index contributed by atoms with van der Waals surface area (Å²) in [6.07, 6.45) is 1.73. The van der Waals surface area contributed by atoms with Crippen LogP contribution in [-0.4, -0.2) is 22.6 Å². The van der Waals surface area contributed by atoms with Crippen molar-refractivity contribution in [2.45, 2.75) is 6.92 Å². The number of phenols is 1. The van der Waals surface area contributed by atoms with Gasteiger partial charge in [0, 0.05) is 11.8 Å². The lowest BCUT2D eigenvalue weighted by Gasteiger charge is -2.14.